The Morgan fingerprint density at radius 2 is 1.88 bits per heavy atom. The van der Waals surface area contributed by atoms with Gasteiger partial charge < -0.3 is 10.6 Å². The molecule has 0 amide bonds. The lowest BCUT2D eigenvalue weighted by Crippen LogP contribution is -2.37. The predicted molar refractivity (Wildman–Crippen MR) is 78.8 cm³/mol. The SMILES string of the molecule is CC1(C)CCN(c2cc(F)c(I)cc2N)CC1. The first kappa shape index (κ1) is 12.9. The summed E-state index contributed by atoms with van der Waals surface area (Å²) >= 11 is 1.97. The molecule has 1 aliphatic heterocycles. The standard InChI is InChI=1S/C13H18FIN2/c1-13(2)3-5-17(6-4-13)12-7-9(14)10(15)8-11(12)16/h7-8H,3-6,16H2,1-2H3. The molecular weight excluding hydrogens is 330 g/mol. The van der Waals surface area contributed by atoms with E-state index in [1.54, 1.807) is 12.1 Å². The van der Waals surface area contributed by atoms with E-state index in [2.05, 4.69) is 18.7 Å². The molecule has 17 heavy (non-hydrogen) atoms. The Kier molecular flexibility index (Phi) is 3.52. The van der Waals surface area contributed by atoms with Crippen LogP contribution in [0.25, 0.3) is 0 Å². The van der Waals surface area contributed by atoms with E-state index < -0.39 is 0 Å². The maximum Gasteiger partial charge on any atom is 0.138 e. The summed E-state index contributed by atoms with van der Waals surface area (Å²) in [5.41, 5.74) is 7.89. The minimum absolute atomic E-state index is 0.181. The minimum atomic E-state index is -0.181. The predicted octanol–water partition coefficient (Wildman–Crippen LogP) is 3.64. The van der Waals surface area contributed by atoms with Crippen molar-refractivity contribution >= 4 is 34.0 Å². The second-order valence-corrected chi connectivity index (χ2v) is 6.64. The van der Waals surface area contributed by atoms with Crippen molar-refractivity contribution in [2.45, 2.75) is 26.7 Å². The van der Waals surface area contributed by atoms with Crippen molar-refractivity contribution in [1.82, 2.24) is 0 Å². The lowest BCUT2D eigenvalue weighted by atomic mass is 9.82. The molecule has 0 saturated carbocycles. The minimum Gasteiger partial charge on any atom is -0.397 e. The topological polar surface area (TPSA) is 29.3 Å². The normalized spacial score (nSPS) is 19.4. The van der Waals surface area contributed by atoms with Gasteiger partial charge in [-0.2, -0.15) is 0 Å². The zero-order chi connectivity index (χ0) is 12.6. The second-order valence-electron chi connectivity index (χ2n) is 5.48. The van der Waals surface area contributed by atoms with Gasteiger partial charge in [0.15, 0.2) is 0 Å². The fourth-order valence-corrected chi connectivity index (χ4v) is 2.67. The van der Waals surface area contributed by atoms with Crippen LogP contribution in [0.3, 0.4) is 0 Å². The van der Waals surface area contributed by atoms with Gasteiger partial charge in [-0.1, -0.05) is 13.8 Å². The van der Waals surface area contributed by atoms with Crippen LogP contribution in [0, 0.1) is 14.8 Å². The quantitative estimate of drug-likeness (QED) is 0.620. The summed E-state index contributed by atoms with van der Waals surface area (Å²) in [6.45, 7) is 6.47. The molecule has 1 aromatic carbocycles. The van der Waals surface area contributed by atoms with Gasteiger partial charge in [-0.25, -0.2) is 4.39 Å². The average molecular weight is 348 g/mol. The molecule has 0 unspecified atom stereocenters. The maximum atomic E-state index is 13.6. The highest BCUT2D eigenvalue weighted by atomic mass is 127. The van der Waals surface area contributed by atoms with Crippen LogP contribution < -0.4 is 10.6 Å². The van der Waals surface area contributed by atoms with Gasteiger partial charge in [-0.15, -0.1) is 0 Å². The molecule has 1 aromatic rings. The smallest absolute Gasteiger partial charge is 0.138 e. The van der Waals surface area contributed by atoms with Gasteiger partial charge in [0, 0.05) is 19.2 Å². The first-order chi connectivity index (χ1) is 7.89. The van der Waals surface area contributed by atoms with Crippen molar-refractivity contribution in [3.63, 3.8) is 0 Å². The molecule has 1 heterocycles. The van der Waals surface area contributed by atoms with Crippen LogP contribution in [0.4, 0.5) is 15.8 Å². The first-order valence-electron chi connectivity index (χ1n) is 5.88. The zero-order valence-electron chi connectivity index (χ0n) is 10.3. The highest BCUT2D eigenvalue weighted by molar-refractivity contribution is 14.1. The van der Waals surface area contributed by atoms with Crippen LogP contribution in [0.5, 0.6) is 0 Å². The van der Waals surface area contributed by atoms with Crippen molar-refractivity contribution in [2.24, 2.45) is 5.41 Å². The summed E-state index contributed by atoms with van der Waals surface area (Å²) in [4.78, 5) is 2.19. The molecule has 1 fully saturated rings. The summed E-state index contributed by atoms with van der Waals surface area (Å²) in [6.07, 6.45) is 2.25. The lowest BCUT2D eigenvalue weighted by molar-refractivity contribution is 0.280. The summed E-state index contributed by atoms with van der Waals surface area (Å²) in [5, 5.41) is 0. The molecule has 94 valence electrons. The summed E-state index contributed by atoms with van der Waals surface area (Å²) < 4.78 is 14.2. The fraction of sp³-hybridized carbons (Fsp3) is 0.538. The van der Waals surface area contributed by atoms with Crippen molar-refractivity contribution in [2.75, 3.05) is 23.7 Å². The van der Waals surface area contributed by atoms with Crippen molar-refractivity contribution in [3.8, 4) is 0 Å². The van der Waals surface area contributed by atoms with Gasteiger partial charge in [0.05, 0.1) is 14.9 Å². The zero-order valence-corrected chi connectivity index (χ0v) is 12.4. The number of hydrogen-bond acceptors (Lipinski definition) is 2. The van der Waals surface area contributed by atoms with Crippen molar-refractivity contribution in [3.05, 3.63) is 21.5 Å². The number of nitrogens with zero attached hydrogens (tertiary/aromatic N) is 1. The Bertz CT molecular complexity index is 422. The highest BCUT2D eigenvalue weighted by Gasteiger charge is 2.26. The molecule has 2 N–H and O–H groups in total. The van der Waals surface area contributed by atoms with Crippen LogP contribution in [0.1, 0.15) is 26.7 Å². The fourth-order valence-electron chi connectivity index (χ4n) is 2.18. The van der Waals surface area contributed by atoms with Gasteiger partial charge in [-0.3, -0.25) is 0 Å². The Morgan fingerprint density at radius 1 is 1.29 bits per heavy atom. The Balaban J connectivity index is 2.21. The van der Waals surface area contributed by atoms with Crippen molar-refractivity contribution in [1.29, 1.82) is 0 Å². The van der Waals surface area contributed by atoms with Crippen LogP contribution >= 0.6 is 22.6 Å². The molecule has 2 rings (SSSR count). The van der Waals surface area contributed by atoms with E-state index in [0.717, 1.165) is 31.6 Å². The van der Waals surface area contributed by atoms with E-state index in [4.69, 9.17) is 5.73 Å². The Labute approximate surface area is 116 Å². The summed E-state index contributed by atoms with van der Waals surface area (Å²) in [6, 6.07) is 3.28. The number of benzene rings is 1. The van der Waals surface area contributed by atoms with Crippen molar-refractivity contribution < 1.29 is 4.39 Å². The number of anilines is 2. The molecule has 0 radical (unpaired) electrons. The number of rotatable bonds is 1. The summed E-state index contributed by atoms with van der Waals surface area (Å²) in [5.74, 6) is -0.181. The molecule has 2 nitrogen and oxygen atoms in total. The number of nitrogens with two attached hydrogens (primary N) is 1. The van der Waals surface area contributed by atoms with E-state index in [1.807, 2.05) is 22.6 Å². The van der Waals surface area contributed by atoms with Crippen LogP contribution in [0.2, 0.25) is 0 Å². The molecule has 0 bridgehead atoms. The Hall–Kier alpha value is -0.520. The third kappa shape index (κ3) is 2.84. The third-order valence-corrected chi connectivity index (χ3v) is 4.35. The highest BCUT2D eigenvalue weighted by Crippen LogP contribution is 2.35. The molecule has 0 spiro atoms. The number of piperidine rings is 1. The maximum absolute atomic E-state index is 13.6. The molecular formula is C13H18FIN2. The van der Waals surface area contributed by atoms with Gasteiger partial charge in [-0.05, 0) is 46.9 Å². The van der Waals surface area contributed by atoms with Gasteiger partial charge in [0.1, 0.15) is 5.82 Å². The molecule has 4 heteroatoms. The van der Waals surface area contributed by atoms with E-state index in [1.165, 1.54) is 0 Å². The van der Waals surface area contributed by atoms with Gasteiger partial charge >= 0.3 is 0 Å². The number of halogens is 2. The second kappa shape index (κ2) is 4.63. The molecule has 0 aliphatic carbocycles. The number of hydrogen-bond donors (Lipinski definition) is 1. The monoisotopic (exact) mass is 348 g/mol. The van der Waals surface area contributed by atoms with Gasteiger partial charge in [0.2, 0.25) is 0 Å². The third-order valence-electron chi connectivity index (χ3n) is 3.53. The Morgan fingerprint density at radius 3 is 2.47 bits per heavy atom. The summed E-state index contributed by atoms with van der Waals surface area (Å²) in [7, 11) is 0. The van der Waals surface area contributed by atoms with E-state index >= 15 is 0 Å². The number of nitrogen functional groups attached to an aromatic ring is 1. The van der Waals surface area contributed by atoms with E-state index in [9.17, 15) is 4.39 Å². The first-order valence-corrected chi connectivity index (χ1v) is 6.96. The van der Waals surface area contributed by atoms with Crippen LogP contribution in [-0.2, 0) is 0 Å². The van der Waals surface area contributed by atoms with Crippen LogP contribution in [0.15, 0.2) is 12.1 Å². The van der Waals surface area contributed by atoms with Crippen LogP contribution in [-0.4, -0.2) is 13.1 Å². The molecule has 0 atom stereocenters. The largest absolute Gasteiger partial charge is 0.397 e. The lowest BCUT2D eigenvalue weighted by Gasteiger charge is -2.38. The van der Waals surface area contributed by atoms with E-state index in [-0.39, 0.29) is 5.82 Å². The van der Waals surface area contributed by atoms with Gasteiger partial charge in [0.25, 0.3) is 0 Å². The van der Waals surface area contributed by atoms with E-state index in [0.29, 0.717) is 14.7 Å². The molecule has 1 saturated heterocycles. The average Bonchev–Trinajstić information content (AvgIpc) is 2.24. The molecule has 0 aromatic heterocycles. The molecule has 1 aliphatic rings.